The lowest BCUT2D eigenvalue weighted by Gasteiger charge is -2.23. The van der Waals surface area contributed by atoms with E-state index < -0.39 is 138 Å². The van der Waals surface area contributed by atoms with E-state index in [2.05, 4.69) is 42.5 Å². The average molecular weight is 1050 g/mol. The summed E-state index contributed by atoms with van der Waals surface area (Å²) in [5, 5.41) is 58.5. The maximum absolute atomic E-state index is 13.7. The molecule has 0 aromatic rings. The Bertz CT molecular complexity index is 1900. The lowest BCUT2D eigenvalue weighted by molar-refractivity contribution is -0.142. The summed E-state index contributed by atoms with van der Waals surface area (Å²) in [7, 11) is 0. The predicted molar refractivity (Wildman–Crippen MR) is 264 cm³/mol. The molecule has 0 aromatic heterocycles. The highest BCUT2D eigenvalue weighted by Gasteiger charge is 2.50. The molecule has 398 valence electrons. The second-order valence-corrected chi connectivity index (χ2v) is 24.6. The molecule has 3 heterocycles. The number of unbranched alkanes of at least 4 members (excludes halogenated alkanes) is 3. The van der Waals surface area contributed by atoms with E-state index >= 15 is 0 Å². The summed E-state index contributed by atoms with van der Waals surface area (Å²) in [6.45, 7) is 10.9. The van der Waals surface area contributed by atoms with Gasteiger partial charge in [-0.2, -0.15) is 0 Å². The maximum Gasteiger partial charge on any atom is 0.326 e. The van der Waals surface area contributed by atoms with Gasteiger partial charge >= 0.3 is 23.9 Å². The largest absolute Gasteiger partial charge is 0.480 e. The molecular weight excluding hydrogens is 977 g/mol. The van der Waals surface area contributed by atoms with Gasteiger partial charge in [0.05, 0.1) is 22.2 Å². The highest BCUT2D eigenvalue weighted by molar-refractivity contribution is 8.02. The van der Waals surface area contributed by atoms with Crippen LogP contribution in [0.25, 0.3) is 0 Å². The zero-order valence-electron chi connectivity index (χ0n) is 40.4. The van der Waals surface area contributed by atoms with Crippen LogP contribution in [0.5, 0.6) is 0 Å². The summed E-state index contributed by atoms with van der Waals surface area (Å²) in [6, 6.07) is -9.61. The predicted octanol–water partition coefficient (Wildman–Crippen LogP) is -3.11. The number of nitrogens with two attached hydrogens (primary N) is 4. The molecule has 20 N–H and O–H groups in total. The molecule has 0 bridgehead atoms. The van der Waals surface area contributed by atoms with Crippen molar-refractivity contribution in [3.63, 3.8) is 0 Å². The van der Waals surface area contributed by atoms with Crippen molar-refractivity contribution in [3.05, 3.63) is 0 Å². The molecule has 6 unspecified atom stereocenters. The summed E-state index contributed by atoms with van der Waals surface area (Å²) >= 11 is 3.75. The molecule has 0 spiro atoms. The van der Waals surface area contributed by atoms with Crippen LogP contribution in [-0.2, 0) is 43.2 Å². The van der Waals surface area contributed by atoms with Crippen molar-refractivity contribution in [1.29, 1.82) is 0 Å². The normalized spacial score (nSPS) is 25.8. The maximum atomic E-state index is 13.7. The van der Waals surface area contributed by atoms with Gasteiger partial charge in [-0.25, -0.2) is 4.79 Å². The van der Waals surface area contributed by atoms with Gasteiger partial charge in [0.2, 0.25) is 29.5 Å². The first-order valence-electron chi connectivity index (χ1n) is 23.2. The number of nitrogens with one attached hydrogen (secondary N) is 8. The Morgan fingerprint density at radius 3 is 1.06 bits per heavy atom. The third-order valence-corrected chi connectivity index (χ3v) is 16.8. The molecule has 3 aliphatic rings. The van der Waals surface area contributed by atoms with Gasteiger partial charge in [0.1, 0.15) is 48.3 Å². The van der Waals surface area contributed by atoms with Gasteiger partial charge in [-0.05, 0) is 99.3 Å². The standard InChI is InChI=1S/C42H74N12O13S3/c1-40(2)25(37(62)63)52-33(68-40)22(44)30(57)47-16-10-7-13-19(43)28(55)50-20(14-8-11-17-48-31(58)23(45)34-53-26(38(64)65)41(3,4)69-34)29(56)51-21(36(60)61)15-9-12-18-49-32(59)24(46)35-54-27(39(66)67)42(5,6)70-35/h19-27,33-35,52-54H,7-18,43-46H2,1-6H3,(H,47,57)(H,48,58)(H,49,59)(H,50,55)(H,51,56)(H,60,61)(H,62,63)(H,64,65)(H,66,67)/t19?,20?,21?,22-,23+,24+,25-,26-,27-,33?,34?,35?/m0/s1. The summed E-state index contributed by atoms with van der Waals surface area (Å²) in [6.07, 6.45) is 2.04. The van der Waals surface area contributed by atoms with Crippen LogP contribution in [0.4, 0.5) is 0 Å². The summed E-state index contributed by atoms with van der Waals surface area (Å²) in [4.78, 5) is 113. The van der Waals surface area contributed by atoms with E-state index in [1.807, 2.05) is 0 Å². The first kappa shape index (κ1) is 60.3. The van der Waals surface area contributed by atoms with Gasteiger partial charge < -0.3 is 69.9 Å². The number of aliphatic carboxylic acids is 4. The molecule has 12 atom stereocenters. The molecule has 3 aliphatic heterocycles. The lowest BCUT2D eigenvalue weighted by Crippen LogP contribution is -2.54. The quantitative estimate of drug-likeness (QED) is 0.0330. The van der Waals surface area contributed by atoms with Crippen molar-refractivity contribution in [3.8, 4) is 0 Å². The second-order valence-electron chi connectivity index (χ2n) is 19.2. The number of carbonyl (C=O) groups is 9. The van der Waals surface area contributed by atoms with Crippen LogP contribution in [0, 0.1) is 0 Å². The van der Waals surface area contributed by atoms with Gasteiger partial charge in [-0.1, -0.05) is 0 Å². The molecule has 3 fully saturated rings. The van der Waals surface area contributed by atoms with E-state index in [9.17, 15) is 63.6 Å². The molecule has 70 heavy (non-hydrogen) atoms. The number of carboxylic acids is 4. The zero-order valence-corrected chi connectivity index (χ0v) is 42.9. The number of rotatable bonds is 29. The van der Waals surface area contributed by atoms with E-state index in [4.69, 9.17) is 22.9 Å². The molecule has 3 saturated heterocycles. The molecule has 28 heteroatoms. The topological polar surface area (TPSA) is 435 Å². The average Bonchev–Trinajstić information content (AvgIpc) is 3.91. The lowest BCUT2D eigenvalue weighted by atomic mass is 10.0. The molecule has 0 radical (unpaired) electrons. The fourth-order valence-corrected chi connectivity index (χ4v) is 12.4. The van der Waals surface area contributed by atoms with Crippen LogP contribution in [0.3, 0.4) is 0 Å². The first-order valence-corrected chi connectivity index (χ1v) is 25.8. The molecule has 0 aliphatic carbocycles. The highest BCUT2D eigenvalue weighted by Crippen LogP contribution is 2.40. The monoisotopic (exact) mass is 1050 g/mol. The van der Waals surface area contributed by atoms with Gasteiger partial charge in [0.15, 0.2) is 0 Å². The van der Waals surface area contributed by atoms with Crippen molar-refractivity contribution >= 4 is 88.7 Å². The number of thioether (sulfide) groups is 3. The Morgan fingerprint density at radius 1 is 0.457 bits per heavy atom. The number of carboxylic acid groups (broad SMARTS) is 4. The van der Waals surface area contributed by atoms with Gasteiger partial charge in [0, 0.05) is 33.9 Å². The van der Waals surface area contributed by atoms with Gasteiger partial charge in [-0.3, -0.25) is 54.3 Å². The van der Waals surface area contributed by atoms with E-state index in [1.54, 1.807) is 41.5 Å². The summed E-state index contributed by atoms with van der Waals surface area (Å²) in [5.74, 6) is -7.55. The van der Waals surface area contributed by atoms with Crippen molar-refractivity contribution in [1.82, 2.24) is 42.5 Å². The second kappa shape index (κ2) is 26.6. The van der Waals surface area contributed by atoms with Crippen LogP contribution in [0.2, 0.25) is 0 Å². The van der Waals surface area contributed by atoms with E-state index in [0.29, 0.717) is 25.7 Å². The molecule has 5 amide bonds. The van der Waals surface area contributed by atoms with Crippen molar-refractivity contribution < 1.29 is 63.6 Å². The Balaban J connectivity index is 1.53. The van der Waals surface area contributed by atoms with Crippen LogP contribution >= 0.6 is 35.3 Å². The third-order valence-electron chi connectivity index (χ3n) is 12.3. The summed E-state index contributed by atoms with van der Waals surface area (Å²) < 4.78 is -2.13. The third kappa shape index (κ3) is 17.3. The highest BCUT2D eigenvalue weighted by atomic mass is 32.2. The Hall–Kier alpha value is -4.00. The van der Waals surface area contributed by atoms with Gasteiger partial charge in [-0.15, -0.1) is 35.3 Å². The van der Waals surface area contributed by atoms with E-state index in [-0.39, 0.29) is 51.7 Å². The van der Waals surface area contributed by atoms with Crippen LogP contribution < -0.4 is 65.5 Å². The van der Waals surface area contributed by atoms with Crippen molar-refractivity contribution in [2.45, 2.75) is 184 Å². The Morgan fingerprint density at radius 2 is 0.757 bits per heavy atom. The number of amides is 5. The first-order chi connectivity index (χ1) is 32.5. The van der Waals surface area contributed by atoms with E-state index in [0.717, 1.165) is 0 Å². The molecule has 0 aromatic carbocycles. The number of hydrogen-bond acceptors (Lipinski definition) is 19. The van der Waals surface area contributed by atoms with Crippen LogP contribution in [-0.4, -0.2) is 178 Å². The fraction of sp³-hybridized carbons (Fsp3) is 0.786. The number of carbonyl (C=O) groups excluding carboxylic acids is 5. The van der Waals surface area contributed by atoms with Crippen LogP contribution in [0.15, 0.2) is 0 Å². The minimum atomic E-state index is -1.38. The Kier molecular flexibility index (Phi) is 22.9. The van der Waals surface area contributed by atoms with E-state index in [1.165, 1.54) is 35.3 Å². The molecular formula is C42H74N12O13S3. The summed E-state index contributed by atoms with van der Waals surface area (Å²) in [5.41, 5.74) is 24.6. The minimum absolute atomic E-state index is 0.0166. The molecule has 3 rings (SSSR count). The fourth-order valence-electron chi connectivity index (χ4n) is 8.06. The van der Waals surface area contributed by atoms with Crippen molar-refractivity contribution in [2.75, 3.05) is 19.6 Å². The van der Waals surface area contributed by atoms with Crippen molar-refractivity contribution in [2.24, 2.45) is 22.9 Å². The van der Waals surface area contributed by atoms with Gasteiger partial charge in [0.25, 0.3) is 0 Å². The zero-order chi connectivity index (χ0) is 52.9. The molecule has 25 nitrogen and oxygen atoms in total. The minimum Gasteiger partial charge on any atom is -0.480 e. The SMILES string of the molecule is CC1(C)SC([C@H](N)C(=O)NCCCCC(NC(=O)C(CCCCNC(=O)[C@@H](N)C2N[C@@H](C(=O)O)C(C)(C)S2)NC(=O)C(N)CCCCNC(=O)[C@H](N)C2N[C@@H](C(=O)O)C(C)(C)S2)C(=O)O)N[C@H]1C(=O)O. The number of hydrogen-bond donors (Lipinski definition) is 16. The smallest absolute Gasteiger partial charge is 0.326 e. The van der Waals surface area contributed by atoms with Crippen LogP contribution in [0.1, 0.15) is 99.3 Å². The molecule has 0 saturated carbocycles. The Labute approximate surface area is 419 Å².